The molecule has 0 bridgehead atoms. The van der Waals surface area contributed by atoms with Crippen LogP contribution in [0, 0.1) is 29.6 Å². The Labute approximate surface area is 76.7 Å². The van der Waals surface area contributed by atoms with E-state index in [0.29, 0.717) is 0 Å². The third kappa shape index (κ3) is 1.30. The zero-order valence-corrected chi connectivity index (χ0v) is 8.72. The van der Waals surface area contributed by atoms with Gasteiger partial charge in [0.2, 0.25) is 0 Å². The van der Waals surface area contributed by atoms with Crippen molar-refractivity contribution in [2.24, 2.45) is 29.6 Å². The van der Waals surface area contributed by atoms with Gasteiger partial charge in [-0.25, -0.2) is 0 Å². The molecule has 0 heteroatoms. The van der Waals surface area contributed by atoms with Crippen LogP contribution in [-0.4, -0.2) is 0 Å². The Morgan fingerprint density at radius 2 is 1.67 bits per heavy atom. The van der Waals surface area contributed by atoms with E-state index in [2.05, 4.69) is 20.8 Å². The minimum Gasteiger partial charge on any atom is -0.0625 e. The molecule has 0 amide bonds. The third-order valence-electron chi connectivity index (χ3n) is 4.56. The lowest BCUT2D eigenvalue weighted by atomic mass is 9.61. The van der Waals surface area contributed by atoms with Gasteiger partial charge in [-0.2, -0.15) is 0 Å². The van der Waals surface area contributed by atoms with Gasteiger partial charge in [0, 0.05) is 0 Å². The summed E-state index contributed by atoms with van der Waals surface area (Å²) in [5, 5.41) is 0. The lowest BCUT2D eigenvalue weighted by Gasteiger charge is -2.44. The van der Waals surface area contributed by atoms with E-state index in [1.807, 2.05) is 0 Å². The Hall–Kier alpha value is 0. The van der Waals surface area contributed by atoms with Gasteiger partial charge in [0.25, 0.3) is 0 Å². The van der Waals surface area contributed by atoms with Gasteiger partial charge in [-0.15, -0.1) is 0 Å². The van der Waals surface area contributed by atoms with Crippen LogP contribution in [0.4, 0.5) is 0 Å². The summed E-state index contributed by atoms with van der Waals surface area (Å²) in [5.41, 5.74) is 0. The minimum absolute atomic E-state index is 1.02. The molecule has 0 aromatic carbocycles. The summed E-state index contributed by atoms with van der Waals surface area (Å²) in [5.74, 6) is 5.28. The molecule has 5 unspecified atom stereocenters. The first-order chi connectivity index (χ1) is 5.68. The molecule has 0 aromatic heterocycles. The second-order valence-electron chi connectivity index (χ2n) is 5.41. The van der Waals surface area contributed by atoms with Gasteiger partial charge < -0.3 is 0 Å². The average molecular weight is 166 g/mol. The van der Waals surface area contributed by atoms with Crippen LogP contribution in [-0.2, 0) is 0 Å². The Balaban J connectivity index is 1.87. The van der Waals surface area contributed by atoms with Gasteiger partial charge in [0.15, 0.2) is 0 Å². The van der Waals surface area contributed by atoms with Gasteiger partial charge in [-0.1, -0.05) is 27.2 Å². The molecule has 2 saturated carbocycles. The van der Waals surface area contributed by atoms with E-state index in [0.717, 1.165) is 29.6 Å². The second kappa shape index (κ2) is 3.05. The first-order valence-electron chi connectivity index (χ1n) is 5.68. The minimum atomic E-state index is 1.02. The molecule has 0 spiro atoms. The third-order valence-corrected chi connectivity index (χ3v) is 4.56. The van der Waals surface area contributed by atoms with Gasteiger partial charge in [-0.3, -0.25) is 0 Å². The highest BCUT2D eigenvalue weighted by Crippen LogP contribution is 2.50. The summed E-state index contributed by atoms with van der Waals surface area (Å²) < 4.78 is 0. The molecule has 12 heavy (non-hydrogen) atoms. The van der Waals surface area contributed by atoms with Crippen molar-refractivity contribution in [3.63, 3.8) is 0 Å². The van der Waals surface area contributed by atoms with Crippen LogP contribution in [0.5, 0.6) is 0 Å². The van der Waals surface area contributed by atoms with E-state index in [4.69, 9.17) is 0 Å². The molecule has 2 aliphatic rings. The fraction of sp³-hybridized carbons (Fsp3) is 1.00. The van der Waals surface area contributed by atoms with Crippen molar-refractivity contribution in [3.8, 4) is 0 Å². The Morgan fingerprint density at radius 3 is 2.08 bits per heavy atom. The maximum atomic E-state index is 2.46. The molecule has 5 atom stereocenters. The van der Waals surface area contributed by atoms with Crippen LogP contribution in [0.2, 0.25) is 0 Å². The second-order valence-corrected chi connectivity index (χ2v) is 5.41. The smallest absolute Gasteiger partial charge is 0.0355 e. The molecular weight excluding hydrogens is 144 g/mol. The van der Waals surface area contributed by atoms with Crippen LogP contribution in [0.25, 0.3) is 0 Å². The molecule has 2 aliphatic carbocycles. The van der Waals surface area contributed by atoms with Crippen molar-refractivity contribution in [2.45, 2.75) is 46.5 Å². The molecule has 0 heterocycles. The van der Waals surface area contributed by atoms with Crippen molar-refractivity contribution in [3.05, 3.63) is 0 Å². The van der Waals surface area contributed by atoms with Crippen LogP contribution in [0.3, 0.4) is 0 Å². The predicted molar refractivity (Wildman–Crippen MR) is 52.9 cm³/mol. The van der Waals surface area contributed by atoms with Crippen molar-refractivity contribution in [1.29, 1.82) is 0 Å². The van der Waals surface area contributed by atoms with Crippen molar-refractivity contribution < 1.29 is 0 Å². The van der Waals surface area contributed by atoms with E-state index < -0.39 is 0 Å². The normalized spacial score (nSPS) is 53.8. The van der Waals surface area contributed by atoms with Gasteiger partial charge in [0.05, 0.1) is 0 Å². The lowest BCUT2D eigenvalue weighted by molar-refractivity contribution is 0.0492. The molecule has 2 rings (SSSR count). The standard InChI is InChI=1S/C12H22/c1-8-4-5-11(6-8)12-7-9(2)10(12)3/h8-12H,4-7H2,1-3H3. The molecule has 0 radical (unpaired) electrons. The van der Waals surface area contributed by atoms with Crippen LogP contribution in [0.1, 0.15) is 46.5 Å². The predicted octanol–water partition coefficient (Wildman–Crippen LogP) is 3.71. The largest absolute Gasteiger partial charge is 0.0625 e. The Morgan fingerprint density at radius 1 is 0.917 bits per heavy atom. The molecule has 70 valence electrons. The quantitative estimate of drug-likeness (QED) is 0.557. The van der Waals surface area contributed by atoms with E-state index in [-0.39, 0.29) is 0 Å². The Kier molecular flexibility index (Phi) is 2.18. The first-order valence-corrected chi connectivity index (χ1v) is 5.68. The van der Waals surface area contributed by atoms with E-state index >= 15 is 0 Å². The SMILES string of the molecule is CC1CCC(C2CC(C)C2C)C1. The van der Waals surface area contributed by atoms with Crippen LogP contribution < -0.4 is 0 Å². The highest BCUT2D eigenvalue weighted by molar-refractivity contribution is 4.90. The highest BCUT2D eigenvalue weighted by Gasteiger charge is 2.41. The zero-order chi connectivity index (χ0) is 8.72. The highest BCUT2D eigenvalue weighted by atomic mass is 14.5. The maximum Gasteiger partial charge on any atom is -0.0355 e. The van der Waals surface area contributed by atoms with Gasteiger partial charge in [0.1, 0.15) is 0 Å². The summed E-state index contributed by atoms with van der Waals surface area (Å²) >= 11 is 0. The monoisotopic (exact) mass is 166 g/mol. The molecule has 0 N–H and O–H groups in total. The number of rotatable bonds is 1. The first kappa shape index (κ1) is 8.59. The maximum absolute atomic E-state index is 2.46. The lowest BCUT2D eigenvalue weighted by Crippen LogP contribution is -2.37. The Bertz CT molecular complexity index is 159. The fourth-order valence-electron chi connectivity index (χ4n) is 3.35. The van der Waals surface area contributed by atoms with Crippen molar-refractivity contribution in [2.75, 3.05) is 0 Å². The number of hydrogen-bond acceptors (Lipinski definition) is 0. The summed E-state index contributed by atoms with van der Waals surface area (Å²) in [7, 11) is 0. The van der Waals surface area contributed by atoms with Crippen LogP contribution in [0.15, 0.2) is 0 Å². The van der Waals surface area contributed by atoms with Gasteiger partial charge >= 0.3 is 0 Å². The molecule has 0 nitrogen and oxygen atoms in total. The molecule has 0 saturated heterocycles. The summed E-state index contributed by atoms with van der Waals surface area (Å²) in [6.07, 6.45) is 6.09. The van der Waals surface area contributed by atoms with Gasteiger partial charge in [-0.05, 0) is 48.9 Å². The molecular formula is C12H22. The van der Waals surface area contributed by atoms with Crippen LogP contribution >= 0.6 is 0 Å². The van der Waals surface area contributed by atoms with E-state index in [9.17, 15) is 0 Å². The topological polar surface area (TPSA) is 0 Å². The number of hydrogen-bond donors (Lipinski definition) is 0. The average Bonchev–Trinajstić information content (AvgIpc) is 2.46. The molecule has 0 aliphatic heterocycles. The molecule has 0 aromatic rings. The van der Waals surface area contributed by atoms with Crippen molar-refractivity contribution >= 4 is 0 Å². The fourth-order valence-corrected chi connectivity index (χ4v) is 3.35. The molecule has 2 fully saturated rings. The van der Waals surface area contributed by atoms with E-state index in [1.165, 1.54) is 25.7 Å². The summed E-state index contributed by atoms with van der Waals surface area (Å²) in [6, 6.07) is 0. The van der Waals surface area contributed by atoms with E-state index in [1.54, 1.807) is 0 Å². The summed E-state index contributed by atoms with van der Waals surface area (Å²) in [6.45, 7) is 7.30. The zero-order valence-electron chi connectivity index (χ0n) is 8.72. The van der Waals surface area contributed by atoms with Crippen molar-refractivity contribution in [1.82, 2.24) is 0 Å². The summed E-state index contributed by atoms with van der Waals surface area (Å²) in [4.78, 5) is 0.